The van der Waals surface area contributed by atoms with Crippen molar-refractivity contribution in [3.8, 4) is 5.69 Å². The first-order chi connectivity index (χ1) is 9.13. The fourth-order valence-corrected chi connectivity index (χ4v) is 1.67. The van der Waals surface area contributed by atoms with Crippen molar-refractivity contribution >= 4 is 18.5 Å². The fourth-order valence-electron chi connectivity index (χ4n) is 1.55. The number of nitrogens with zero attached hydrogens (tertiary/aromatic N) is 4. The molecule has 19 heavy (non-hydrogen) atoms. The third-order valence-electron chi connectivity index (χ3n) is 2.46. The number of nitrogens with one attached hydrogen (secondary N) is 1. The molecular weight excluding hydrogens is 269 g/mol. The summed E-state index contributed by atoms with van der Waals surface area (Å²) in [7, 11) is 0. The summed E-state index contributed by atoms with van der Waals surface area (Å²) in [6.07, 6.45) is 0. The van der Waals surface area contributed by atoms with Gasteiger partial charge < -0.3 is 5.32 Å². The van der Waals surface area contributed by atoms with Crippen LogP contribution in [0.1, 0.15) is 16.2 Å². The number of carbonyl (C=O) groups is 1. The van der Waals surface area contributed by atoms with E-state index in [0.717, 1.165) is 0 Å². The van der Waals surface area contributed by atoms with Crippen molar-refractivity contribution in [1.29, 1.82) is 0 Å². The first-order valence-corrected chi connectivity index (χ1v) is 6.20. The number of amides is 1. The standard InChI is InChI=1S/C11H12FN5OS/c1-7-14-15-16-17(7)8-2-3-9(10(12)6-8)11(18)13-4-5-19/h2-3,6,19H,4-5H2,1H3,(H,13,18). The second kappa shape index (κ2) is 5.79. The topological polar surface area (TPSA) is 72.7 Å². The fraction of sp³-hybridized carbons (Fsp3) is 0.273. The minimum atomic E-state index is -0.621. The number of tetrazole rings is 1. The van der Waals surface area contributed by atoms with E-state index in [0.29, 0.717) is 23.8 Å². The number of rotatable bonds is 4. The van der Waals surface area contributed by atoms with Crippen LogP contribution in [0.25, 0.3) is 5.69 Å². The Hall–Kier alpha value is -1.96. The normalized spacial score (nSPS) is 10.5. The highest BCUT2D eigenvalue weighted by Gasteiger charge is 2.13. The number of aromatic nitrogens is 4. The maximum atomic E-state index is 13.9. The molecule has 1 aromatic carbocycles. The monoisotopic (exact) mass is 281 g/mol. The van der Waals surface area contributed by atoms with Gasteiger partial charge in [-0.2, -0.15) is 17.3 Å². The van der Waals surface area contributed by atoms with Crippen LogP contribution in [0.5, 0.6) is 0 Å². The molecule has 0 unspecified atom stereocenters. The predicted octanol–water partition coefficient (Wildman–Crippen LogP) is 0.769. The Balaban J connectivity index is 2.27. The highest BCUT2D eigenvalue weighted by atomic mass is 32.1. The molecule has 0 saturated heterocycles. The van der Waals surface area contributed by atoms with Crippen LogP contribution in [0.4, 0.5) is 4.39 Å². The SMILES string of the molecule is Cc1nnnn1-c1ccc(C(=O)NCCS)c(F)c1. The smallest absolute Gasteiger partial charge is 0.254 e. The zero-order valence-electron chi connectivity index (χ0n) is 10.2. The van der Waals surface area contributed by atoms with Gasteiger partial charge in [0.05, 0.1) is 11.3 Å². The van der Waals surface area contributed by atoms with Gasteiger partial charge in [-0.05, 0) is 29.5 Å². The van der Waals surface area contributed by atoms with Gasteiger partial charge in [0.15, 0.2) is 5.82 Å². The second-order valence-corrected chi connectivity index (χ2v) is 4.23. The van der Waals surface area contributed by atoms with Crippen molar-refractivity contribution in [2.45, 2.75) is 6.92 Å². The number of benzene rings is 1. The first kappa shape index (κ1) is 13.5. The van der Waals surface area contributed by atoms with E-state index in [9.17, 15) is 9.18 Å². The second-order valence-electron chi connectivity index (χ2n) is 3.78. The van der Waals surface area contributed by atoms with Gasteiger partial charge in [0, 0.05) is 18.4 Å². The molecule has 1 aromatic heterocycles. The molecule has 0 aliphatic carbocycles. The maximum absolute atomic E-state index is 13.9. The van der Waals surface area contributed by atoms with Crippen LogP contribution < -0.4 is 5.32 Å². The van der Waals surface area contributed by atoms with Crippen LogP contribution in [0, 0.1) is 12.7 Å². The number of hydrogen-bond acceptors (Lipinski definition) is 5. The number of thiol groups is 1. The van der Waals surface area contributed by atoms with Crippen LogP contribution in [0.3, 0.4) is 0 Å². The van der Waals surface area contributed by atoms with Crippen molar-refractivity contribution in [2.75, 3.05) is 12.3 Å². The van der Waals surface area contributed by atoms with E-state index in [4.69, 9.17) is 0 Å². The van der Waals surface area contributed by atoms with Gasteiger partial charge in [0.25, 0.3) is 5.91 Å². The van der Waals surface area contributed by atoms with Crippen molar-refractivity contribution < 1.29 is 9.18 Å². The lowest BCUT2D eigenvalue weighted by atomic mass is 10.1. The molecule has 1 N–H and O–H groups in total. The van der Waals surface area contributed by atoms with Crippen LogP contribution in [-0.4, -0.2) is 38.4 Å². The van der Waals surface area contributed by atoms with E-state index in [-0.39, 0.29) is 5.56 Å². The minimum Gasteiger partial charge on any atom is -0.351 e. The third kappa shape index (κ3) is 2.90. The molecule has 0 radical (unpaired) electrons. The lowest BCUT2D eigenvalue weighted by Gasteiger charge is -2.07. The van der Waals surface area contributed by atoms with Gasteiger partial charge in [-0.15, -0.1) is 5.10 Å². The highest BCUT2D eigenvalue weighted by Crippen LogP contribution is 2.14. The predicted molar refractivity (Wildman–Crippen MR) is 70.0 cm³/mol. The van der Waals surface area contributed by atoms with E-state index >= 15 is 0 Å². The van der Waals surface area contributed by atoms with Gasteiger partial charge in [-0.1, -0.05) is 0 Å². The molecule has 0 fully saturated rings. The summed E-state index contributed by atoms with van der Waals surface area (Å²) in [5.41, 5.74) is 0.446. The Bertz CT molecular complexity index is 601. The number of halogens is 1. The van der Waals surface area contributed by atoms with Crippen LogP contribution in [-0.2, 0) is 0 Å². The lowest BCUT2D eigenvalue weighted by molar-refractivity contribution is 0.0952. The molecule has 1 amide bonds. The van der Waals surface area contributed by atoms with Gasteiger partial charge in [-0.25, -0.2) is 4.39 Å². The number of aryl methyl sites for hydroxylation is 1. The van der Waals surface area contributed by atoms with Crippen molar-refractivity contribution in [3.05, 3.63) is 35.4 Å². The van der Waals surface area contributed by atoms with Crippen molar-refractivity contribution in [1.82, 2.24) is 25.5 Å². The van der Waals surface area contributed by atoms with Crippen molar-refractivity contribution in [3.63, 3.8) is 0 Å². The van der Waals surface area contributed by atoms with Crippen LogP contribution in [0.2, 0.25) is 0 Å². The summed E-state index contributed by atoms with van der Waals surface area (Å²) in [4.78, 5) is 11.7. The van der Waals surface area contributed by atoms with Gasteiger partial charge >= 0.3 is 0 Å². The van der Waals surface area contributed by atoms with Crippen LogP contribution in [0.15, 0.2) is 18.2 Å². The Morgan fingerprint density at radius 1 is 1.53 bits per heavy atom. The summed E-state index contributed by atoms with van der Waals surface area (Å²) in [5.74, 6) is -0.0581. The maximum Gasteiger partial charge on any atom is 0.254 e. The van der Waals surface area contributed by atoms with E-state index in [2.05, 4.69) is 33.5 Å². The molecule has 1 heterocycles. The lowest BCUT2D eigenvalue weighted by Crippen LogP contribution is -2.26. The third-order valence-corrected chi connectivity index (χ3v) is 2.69. The number of hydrogen-bond donors (Lipinski definition) is 2. The molecule has 8 heteroatoms. The van der Waals surface area contributed by atoms with E-state index in [1.54, 1.807) is 13.0 Å². The van der Waals surface area contributed by atoms with Gasteiger partial charge in [0.2, 0.25) is 0 Å². The van der Waals surface area contributed by atoms with E-state index in [1.165, 1.54) is 16.8 Å². The Morgan fingerprint density at radius 2 is 2.32 bits per heavy atom. The molecule has 0 spiro atoms. The molecule has 0 aliphatic rings. The van der Waals surface area contributed by atoms with E-state index < -0.39 is 11.7 Å². The molecule has 100 valence electrons. The minimum absolute atomic E-state index is 0.0174. The number of carbonyl (C=O) groups excluding carboxylic acids is 1. The zero-order chi connectivity index (χ0) is 13.8. The Kier molecular flexibility index (Phi) is 4.10. The average Bonchev–Trinajstić information content (AvgIpc) is 2.82. The molecule has 6 nitrogen and oxygen atoms in total. The highest BCUT2D eigenvalue weighted by molar-refractivity contribution is 7.80. The Morgan fingerprint density at radius 3 is 2.89 bits per heavy atom. The average molecular weight is 281 g/mol. The summed E-state index contributed by atoms with van der Waals surface area (Å²) in [6, 6.07) is 4.21. The van der Waals surface area contributed by atoms with E-state index in [1.807, 2.05) is 0 Å². The molecule has 0 aliphatic heterocycles. The van der Waals surface area contributed by atoms with Crippen LogP contribution >= 0.6 is 12.6 Å². The largest absolute Gasteiger partial charge is 0.351 e. The summed E-state index contributed by atoms with van der Waals surface area (Å²) >= 11 is 3.97. The molecule has 0 saturated carbocycles. The summed E-state index contributed by atoms with van der Waals surface area (Å²) < 4.78 is 15.3. The first-order valence-electron chi connectivity index (χ1n) is 5.57. The molecule has 0 atom stereocenters. The summed E-state index contributed by atoms with van der Waals surface area (Å²) in [6.45, 7) is 2.08. The molecule has 0 bridgehead atoms. The molecular formula is C11H12FN5OS. The van der Waals surface area contributed by atoms with Crippen molar-refractivity contribution in [2.24, 2.45) is 0 Å². The van der Waals surface area contributed by atoms with Gasteiger partial charge in [-0.3, -0.25) is 4.79 Å². The zero-order valence-corrected chi connectivity index (χ0v) is 11.1. The summed E-state index contributed by atoms with van der Waals surface area (Å²) in [5, 5.41) is 13.5. The Labute approximate surface area is 114 Å². The quantitative estimate of drug-likeness (QED) is 0.812. The molecule has 2 aromatic rings. The van der Waals surface area contributed by atoms with Gasteiger partial charge in [0.1, 0.15) is 5.82 Å². The molecule has 2 rings (SSSR count).